The Kier molecular flexibility index (Phi) is 3.51. The number of amidine groups is 1. The summed E-state index contributed by atoms with van der Waals surface area (Å²) in [5, 5.41) is 0. The topological polar surface area (TPSA) is 47.6 Å². The molecule has 1 aromatic rings. The van der Waals surface area contributed by atoms with Crippen LogP contribution in [-0.2, 0) is 0 Å². The van der Waals surface area contributed by atoms with Crippen molar-refractivity contribution in [2.45, 2.75) is 13.8 Å². The van der Waals surface area contributed by atoms with Gasteiger partial charge in [-0.15, -0.1) is 0 Å². The maximum absolute atomic E-state index is 5.78. The third kappa shape index (κ3) is 2.25. The van der Waals surface area contributed by atoms with E-state index in [1.54, 1.807) is 7.11 Å². The molecule has 0 bridgehead atoms. The van der Waals surface area contributed by atoms with Crippen LogP contribution in [0.4, 0.5) is 0 Å². The molecular weight excluding hydrogens is 176 g/mol. The third-order valence-electron chi connectivity index (χ3n) is 2.02. The molecule has 0 amide bonds. The van der Waals surface area contributed by atoms with Crippen LogP contribution in [0, 0.1) is 6.92 Å². The Morgan fingerprint density at radius 2 is 2.21 bits per heavy atom. The van der Waals surface area contributed by atoms with Gasteiger partial charge in [0.25, 0.3) is 0 Å². The summed E-state index contributed by atoms with van der Waals surface area (Å²) in [6, 6.07) is 5.80. The molecule has 0 saturated carbocycles. The van der Waals surface area contributed by atoms with Crippen molar-refractivity contribution in [1.29, 1.82) is 0 Å². The molecule has 0 unspecified atom stereocenters. The van der Waals surface area contributed by atoms with Gasteiger partial charge in [-0.2, -0.15) is 0 Å². The van der Waals surface area contributed by atoms with E-state index in [1.165, 1.54) is 0 Å². The highest BCUT2D eigenvalue weighted by Gasteiger charge is 2.02. The molecule has 0 atom stereocenters. The van der Waals surface area contributed by atoms with Gasteiger partial charge in [0.15, 0.2) is 0 Å². The summed E-state index contributed by atoms with van der Waals surface area (Å²) in [5.41, 5.74) is 7.79. The molecule has 1 aromatic carbocycles. The van der Waals surface area contributed by atoms with Crippen LogP contribution < -0.4 is 10.5 Å². The number of benzene rings is 1. The second-order valence-corrected chi connectivity index (χ2v) is 3.04. The minimum absolute atomic E-state index is 0.582. The second kappa shape index (κ2) is 4.65. The van der Waals surface area contributed by atoms with E-state index in [0.717, 1.165) is 16.9 Å². The van der Waals surface area contributed by atoms with Crippen molar-refractivity contribution >= 4 is 5.84 Å². The van der Waals surface area contributed by atoms with Crippen molar-refractivity contribution in [3.05, 3.63) is 29.3 Å². The molecule has 0 aliphatic carbocycles. The summed E-state index contributed by atoms with van der Waals surface area (Å²) in [6.45, 7) is 4.65. The van der Waals surface area contributed by atoms with E-state index in [4.69, 9.17) is 10.5 Å². The van der Waals surface area contributed by atoms with Gasteiger partial charge < -0.3 is 10.5 Å². The van der Waals surface area contributed by atoms with Gasteiger partial charge in [0.1, 0.15) is 11.6 Å². The average molecular weight is 192 g/mol. The molecule has 0 radical (unpaired) electrons. The van der Waals surface area contributed by atoms with Crippen LogP contribution in [0.5, 0.6) is 5.75 Å². The number of methoxy groups -OCH3 is 1. The molecule has 0 aromatic heterocycles. The maximum Gasteiger partial charge on any atom is 0.125 e. The van der Waals surface area contributed by atoms with Crippen LogP contribution >= 0.6 is 0 Å². The molecular formula is C11H16N2O. The Hall–Kier alpha value is -1.51. The number of aryl methyl sites for hydroxylation is 1. The van der Waals surface area contributed by atoms with E-state index in [-0.39, 0.29) is 0 Å². The first kappa shape index (κ1) is 10.6. The zero-order valence-electron chi connectivity index (χ0n) is 8.87. The summed E-state index contributed by atoms with van der Waals surface area (Å²) in [7, 11) is 1.66. The lowest BCUT2D eigenvalue weighted by molar-refractivity contribution is 0.411. The molecule has 3 nitrogen and oxygen atoms in total. The smallest absolute Gasteiger partial charge is 0.125 e. The van der Waals surface area contributed by atoms with Crippen LogP contribution in [0.25, 0.3) is 0 Å². The van der Waals surface area contributed by atoms with Crippen molar-refractivity contribution < 1.29 is 4.74 Å². The quantitative estimate of drug-likeness (QED) is 0.585. The maximum atomic E-state index is 5.78. The summed E-state index contributed by atoms with van der Waals surface area (Å²) in [6.07, 6.45) is 0. The lowest BCUT2D eigenvalue weighted by Crippen LogP contribution is -2.13. The summed E-state index contributed by atoms with van der Waals surface area (Å²) >= 11 is 0. The first-order valence-electron chi connectivity index (χ1n) is 4.64. The number of rotatable bonds is 3. The molecule has 1 rings (SSSR count). The van der Waals surface area contributed by atoms with Gasteiger partial charge in [0.2, 0.25) is 0 Å². The fraction of sp³-hybridized carbons (Fsp3) is 0.364. The Labute approximate surface area is 84.6 Å². The summed E-state index contributed by atoms with van der Waals surface area (Å²) < 4.78 is 5.16. The summed E-state index contributed by atoms with van der Waals surface area (Å²) in [4.78, 5) is 4.15. The molecule has 3 heteroatoms. The summed E-state index contributed by atoms with van der Waals surface area (Å²) in [5.74, 6) is 1.45. The highest BCUT2D eigenvalue weighted by molar-refractivity contribution is 5.97. The largest absolute Gasteiger partial charge is 0.496 e. The zero-order chi connectivity index (χ0) is 10.6. The molecule has 0 aliphatic heterocycles. The predicted molar refractivity (Wildman–Crippen MR) is 59.0 cm³/mol. The minimum Gasteiger partial charge on any atom is -0.496 e. The van der Waals surface area contributed by atoms with Crippen LogP contribution in [0.1, 0.15) is 18.1 Å². The SMILES string of the molecule is CCN=C(N)c1ccc(OC)c(C)c1. The fourth-order valence-electron chi connectivity index (χ4n) is 1.30. The van der Waals surface area contributed by atoms with Gasteiger partial charge in [-0.25, -0.2) is 0 Å². The van der Waals surface area contributed by atoms with Crippen molar-refractivity contribution in [3.63, 3.8) is 0 Å². The number of hydrogen-bond donors (Lipinski definition) is 1. The molecule has 0 spiro atoms. The number of nitrogens with zero attached hydrogens (tertiary/aromatic N) is 1. The molecule has 0 fully saturated rings. The van der Waals surface area contributed by atoms with Crippen LogP contribution in [-0.4, -0.2) is 19.5 Å². The van der Waals surface area contributed by atoms with Crippen molar-refractivity contribution in [3.8, 4) is 5.75 Å². The lowest BCUT2D eigenvalue weighted by atomic mass is 10.1. The Bertz CT molecular complexity index is 345. The molecule has 0 heterocycles. The predicted octanol–water partition coefficient (Wildman–Crippen LogP) is 1.73. The molecule has 14 heavy (non-hydrogen) atoms. The Morgan fingerprint density at radius 1 is 1.50 bits per heavy atom. The van der Waals surface area contributed by atoms with Crippen LogP contribution in [0.2, 0.25) is 0 Å². The lowest BCUT2D eigenvalue weighted by Gasteiger charge is -2.06. The van der Waals surface area contributed by atoms with Crippen molar-refractivity contribution in [1.82, 2.24) is 0 Å². The standard InChI is InChI=1S/C11H16N2O/c1-4-13-11(12)9-5-6-10(14-3)8(2)7-9/h5-7H,4H2,1-3H3,(H2,12,13). The molecule has 2 N–H and O–H groups in total. The van der Waals surface area contributed by atoms with E-state index in [0.29, 0.717) is 12.4 Å². The van der Waals surface area contributed by atoms with Crippen molar-refractivity contribution in [2.75, 3.05) is 13.7 Å². The fourth-order valence-corrected chi connectivity index (χ4v) is 1.30. The zero-order valence-corrected chi connectivity index (χ0v) is 8.87. The van der Waals surface area contributed by atoms with E-state index in [1.807, 2.05) is 32.0 Å². The van der Waals surface area contributed by atoms with Crippen LogP contribution in [0.3, 0.4) is 0 Å². The highest BCUT2D eigenvalue weighted by Crippen LogP contribution is 2.18. The minimum atomic E-state index is 0.582. The van der Waals surface area contributed by atoms with E-state index >= 15 is 0 Å². The first-order valence-corrected chi connectivity index (χ1v) is 4.64. The van der Waals surface area contributed by atoms with Gasteiger partial charge in [-0.05, 0) is 37.6 Å². The van der Waals surface area contributed by atoms with Gasteiger partial charge in [-0.3, -0.25) is 4.99 Å². The highest BCUT2D eigenvalue weighted by atomic mass is 16.5. The Morgan fingerprint density at radius 3 is 2.71 bits per heavy atom. The first-order chi connectivity index (χ1) is 6.69. The monoisotopic (exact) mass is 192 g/mol. The molecule has 76 valence electrons. The number of ether oxygens (including phenoxy) is 1. The van der Waals surface area contributed by atoms with Crippen LogP contribution in [0.15, 0.2) is 23.2 Å². The Balaban J connectivity index is 3.02. The van der Waals surface area contributed by atoms with E-state index in [2.05, 4.69) is 4.99 Å². The number of hydrogen-bond acceptors (Lipinski definition) is 2. The number of aliphatic imine (C=N–C) groups is 1. The van der Waals surface area contributed by atoms with Crippen molar-refractivity contribution in [2.24, 2.45) is 10.7 Å². The molecule has 0 aliphatic rings. The number of nitrogens with two attached hydrogens (primary N) is 1. The molecule has 0 saturated heterocycles. The van der Waals surface area contributed by atoms with Gasteiger partial charge >= 0.3 is 0 Å². The third-order valence-corrected chi connectivity index (χ3v) is 2.02. The average Bonchev–Trinajstić information content (AvgIpc) is 2.18. The van der Waals surface area contributed by atoms with E-state index < -0.39 is 0 Å². The van der Waals surface area contributed by atoms with Gasteiger partial charge in [0, 0.05) is 12.1 Å². The van der Waals surface area contributed by atoms with Gasteiger partial charge in [0.05, 0.1) is 7.11 Å². The van der Waals surface area contributed by atoms with Gasteiger partial charge in [-0.1, -0.05) is 0 Å². The normalized spacial score (nSPS) is 11.5. The van der Waals surface area contributed by atoms with E-state index in [9.17, 15) is 0 Å². The second-order valence-electron chi connectivity index (χ2n) is 3.04.